The lowest BCUT2D eigenvalue weighted by Crippen LogP contribution is -2.31. The van der Waals surface area contributed by atoms with Crippen molar-refractivity contribution in [2.45, 2.75) is 59.5 Å². The number of nitrogens with one attached hydrogen (secondary N) is 1. The lowest BCUT2D eigenvalue weighted by molar-refractivity contribution is -0.122. The molecule has 148 valence electrons. The monoisotopic (exact) mass is 397 g/mol. The quantitative estimate of drug-likeness (QED) is 0.641. The number of rotatable bonds is 7. The van der Waals surface area contributed by atoms with Crippen LogP contribution in [-0.4, -0.2) is 15.5 Å². The topological polar surface area (TPSA) is 64.0 Å². The van der Waals surface area contributed by atoms with Crippen LogP contribution in [0.25, 0.3) is 11.0 Å². The van der Waals surface area contributed by atoms with Crippen molar-refractivity contribution in [2.75, 3.05) is 0 Å². The second kappa shape index (κ2) is 8.69. The molecular formula is C22H27N3O2S. The molecule has 2 heterocycles. The van der Waals surface area contributed by atoms with Crippen LogP contribution in [-0.2, 0) is 11.3 Å². The highest BCUT2D eigenvalue weighted by Gasteiger charge is 2.16. The van der Waals surface area contributed by atoms with E-state index in [4.69, 9.17) is 0 Å². The Morgan fingerprint density at radius 1 is 1.25 bits per heavy atom. The van der Waals surface area contributed by atoms with Gasteiger partial charge in [0.05, 0.1) is 17.1 Å². The lowest BCUT2D eigenvalue weighted by Gasteiger charge is -2.17. The minimum absolute atomic E-state index is 0.0369. The zero-order valence-electron chi connectivity index (χ0n) is 16.9. The van der Waals surface area contributed by atoms with Gasteiger partial charge in [-0.2, -0.15) is 0 Å². The third-order valence-corrected chi connectivity index (χ3v) is 6.07. The summed E-state index contributed by atoms with van der Waals surface area (Å²) in [7, 11) is 0. The van der Waals surface area contributed by atoms with Crippen molar-refractivity contribution in [1.82, 2.24) is 14.9 Å². The number of carbonyl (C=O) groups is 1. The Labute approximate surface area is 169 Å². The fourth-order valence-corrected chi connectivity index (χ4v) is 4.20. The molecule has 0 radical (unpaired) electrons. The summed E-state index contributed by atoms with van der Waals surface area (Å²) < 4.78 is 1.68. The maximum atomic E-state index is 12.7. The Balaban J connectivity index is 1.81. The third kappa shape index (κ3) is 4.33. The number of aromatic nitrogens is 2. The Bertz CT molecular complexity index is 1040. The maximum absolute atomic E-state index is 12.7. The van der Waals surface area contributed by atoms with Gasteiger partial charge in [0.15, 0.2) is 0 Å². The second-order valence-electron chi connectivity index (χ2n) is 7.25. The van der Waals surface area contributed by atoms with Crippen molar-refractivity contribution in [3.8, 4) is 0 Å². The van der Waals surface area contributed by atoms with E-state index >= 15 is 0 Å². The first-order valence-electron chi connectivity index (χ1n) is 9.72. The largest absolute Gasteiger partial charge is 0.348 e. The van der Waals surface area contributed by atoms with Gasteiger partial charge in [-0.1, -0.05) is 19.4 Å². The summed E-state index contributed by atoms with van der Waals surface area (Å²) in [6, 6.07) is 8.09. The van der Waals surface area contributed by atoms with E-state index in [1.165, 1.54) is 4.88 Å². The van der Waals surface area contributed by atoms with Crippen LogP contribution in [0, 0.1) is 20.8 Å². The van der Waals surface area contributed by atoms with E-state index in [0.717, 1.165) is 35.0 Å². The van der Waals surface area contributed by atoms with Gasteiger partial charge < -0.3 is 9.88 Å². The van der Waals surface area contributed by atoms with Crippen LogP contribution in [0.2, 0.25) is 0 Å². The van der Waals surface area contributed by atoms with Gasteiger partial charge in [-0.3, -0.25) is 9.59 Å². The smallest absolute Gasteiger partial charge is 0.272 e. The van der Waals surface area contributed by atoms with Crippen LogP contribution in [0.5, 0.6) is 0 Å². The summed E-state index contributed by atoms with van der Waals surface area (Å²) in [4.78, 5) is 30.9. The molecule has 6 heteroatoms. The van der Waals surface area contributed by atoms with Crippen molar-refractivity contribution >= 4 is 28.3 Å². The Morgan fingerprint density at radius 2 is 2.00 bits per heavy atom. The molecule has 1 aromatic carbocycles. The zero-order chi connectivity index (χ0) is 20.3. The van der Waals surface area contributed by atoms with E-state index in [0.29, 0.717) is 12.2 Å². The van der Waals surface area contributed by atoms with Crippen molar-refractivity contribution in [2.24, 2.45) is 0 Å². The molecule has 0 spiro atoms. The predicted octanol–water partition coefficient (Wildman–Crippen LogP) is 4.43. The molecule has 0 bridgehead atoms. The van der Waals surface area contributed by atoms with Crippen molar-refractivity contribution in [3.05, 3.63) is 61.7 Å². The summed E-state index contributed by atoms with van der Waals surface area (Å²) in [5, 5.41) is 5.16. The van der Waals surface area contributed by atoms with E-state index in [2.05, 4.69) is 23.3 Å². The molecule has 1 amide bonds. The zero-order valence-corrected chi connectivity index (χ0v) is 17.7. The standard InChI is InChI=1S/C22H27N3O2S/c1-5-7-17(20-8-6-11-28-20)24-21(26)9-10-25-19-13-15(3)14(2)12-18(19)23-16(4)22(25)27/h6,8,11-13,17H,5,7,9-10H2,1-4H3,(H,24,26)/t17-/m1/s1. The van der Waals surface area contributed by atoms with E-state index < -0.39 is 0 Å². The first-order valence-corrected chi connectivity index (χ1v) is 10.6. The molecule has 28 heavy (non-hydrogen) atoms. The summed E-state index contributed by atoms with van der Waals surface area (Å²) in [6.45, 7) is 8.24. The summed E-state index contributed by atoms with van der Waals surface area (Å²) in [5.41, 5.74) is 4.15. The van der Waals surface area contributed by atoms with E-state index in [9.17, 15) is 9.59 Å². The molecule has 5 nitrogen and oxygen atoms in total. The first kappa shape index (κ1) is 20.3. The molecule has 0 aliphatic carbocycles. The molecule has 0 unspecified atom stereocenters. The van der Waals surface area contributed by atoms with Gasteiger partial charge in [-0.15, -0.1) is 11.3 Å². The van der Waals surface area contributed by atoms with Crippen molar-refractivity contribution in [1.29, 1.82) is 0 Å². The van der Waals surface area contributed by atoms with Gasteiger partial charge in [0.2, 0.25) is 5.91 Å². The first-order chi connectivity index (χ1) is 13.4. The second-order valence-corrected chi connectivity index (χ2v) is 8.23. The molecule has 3 aromatic rings. The Hall–Kier alpha value is -2.47. The highest BCUT2D eigenvalue weighted by atomic mass is 32.1. The number of hydrogen-bond donors (Lipinski definition) is 1. The average Bonchev–Trinajstić information content (AvgIpc) is 3.18. The summed E-state index contributed by atoms with van der Waals surface area (Å²) in [6.07, 6.45) is 2.16. The lowest BCUT2D eigenvalue weighted by atomic mass is 10.1. The summed E-state index contributed by atoms with van der Waals surface area (Å²) >= 11 is 1.66. The van der Waals surface area contributed by atoms with Gasteiger partial charge in [0.25, 0.3) is 5.56 Å². The van der Waals surface area contributed by atoms with Crippen LogP contribution in [0.3, 0.4) is 0 Å². The van der Waals surface area contributed by atoms with Gasteiger partial charge in [0.1, 0.15) is 5.69 Å². The highest BCUT2D eigenvalue weighted by molar-refractivity contribution is 7.10. The molecule has 0 saturated heterocycles. The van der Waals surface area contributed by atoms with Crippen molar-refractivity contribution in [3.63, 3.8) is 0 Å². The van der Waals surface area contributed by atoms with E-state index in [-0.39, 0.29) is 23.9 Å². The number of benzene rings is 1. The van der Waals surface area contributed by atoms with Crippen LogP contribution in [0.1, 0.15) is 53.9 Å². The Morgan fingerprint density at radius 3 is 2.68 bits per heavy atom. The molecule has 0 aliphatic heterocycles. The number of carbonyl (C=O) groups excluding carboxylic acids is 1. The fourth-order valence-electron chi connectivity index (χ4n) is 3.39. The fraction of sp³-hybridized carbons (Fsp3) is 0.409. The summed E-state index contributed by atoms with van der Waals surface area (Å²) in [5.74, 6) is -0.0369. The van der Waals surface area contributed by atoms with Crippen LogP contribution in [0.15, 0.2) is 34.4 Å². The number of nitrogens with zero attached hydrogens (tertiary/aromatic N) is 2. The van der Waals surface area contributed by atoms with Crippen LogP contribution < -0.4 is 10.9 Å². The number of hydrogen-bond acceptors (Lipinski definition) is 4. The number of fused-ring (bicyclic) bond motifs is 1. The highest BCUT2D eigenvalue weighted by Crippen LogP contribution is 2.23. The molecule has 0 fully saturated rings. The predicted molar refractivity (Wildman–Crippen MR) is 115 cm³/mol. The normalized spacial score (nSPS) is 12.3. The van der Waals surface area contributed by atoms with Gasteiger partial charge in [-0.05, 0) is 61.9 Å². The van der Waals surface area contributed by atoms with Gasteiger partial charge >= 0.3 is 0 Å². The molecule has 0 saturated carbocycles. The SMILES string of the molecule is CCC[C@@H](NC(=O)CCn1c(=O)c(C)nc2cc(C)c(C)cc21)c1cccs1. The van der Waals surface area contributed by atoms with Crippen LogP contribution >= 0.6 is 11.3 Å². The number of aryl methyl sites for hydroxylation is 4. The van der Waals surface area contributed by atoms with Crippen molar-refractivity contribution < 1.29 is 4.79 Å². The minimum Gasteiger partial charge on any atom is -0.348 e. The number of amides is 1. The van der Waals surface area contributed by atoms with Gasteiger partial charge in [-0.25, -0.2) is 4.98 Å². The molecule has 3 rings (SSSR count). The Kier molecular flexibility index (Phi) is 6.29. The van der Waals surface area contributed by atoms with Crippen LogP contribution in [0.4, 0.5) is 0 Å². The maximum Gasteiger partial charge on any atom is 0.272 e. The third-order valence-electron chi connectivity index (χ3n) is 5.09. The molecule has 1 atom stereocenters. The molecule has 1 N–H and O–H groups in total. The van der Waals surface area contributed by atoms with E-state index in [1.807, 2.05) is 37.4 Å². The number of thiophene rings is 1. The van der Waals surface area contributed by atoms with Gasteiger partial charge in [0, 0.05) is 17.8 Å². The molecular weight excluding hydrogens is 370 g/mol. The average molecular weight is 398 g/mol. The molecule has 0 aliphatic rings. The minimum atomic E-state index is -0.132. The molecule has 2 aromatic heterocycles. The van der Waals surface area contributed by atoms with E-state index in [1.54, 1.807) is 22.8 Å².